The molecule has 2 aromatic carbocycles. The van der Waals surface area contributed by atoms with Crippen LogP contribution < -0.4 is 15.5 Å². The smallest absolute Gasteiger partial charge is 0.267 e. The summed E-state index contributed by atoms with van der Waals surface area (Å²) in [4.78, 5) is 19.9. The number of alkyl halides is 1. The largest absolute Gasteiger partial charge is 0.488 e. The van der Waals surface area contributed by atoms with Crippen LogP contribution in [0, 0.1) is 0 Å². The normalized spacial score (nSPS) is 11.6. The topological polar surface area (TPSA) is 96.4 Å². The van der Waals surface area contributed by atoms with Crippen LogP contribution in [-0.4, -0.2) is 33.9 Å². The Labute approximate surface area is 279 Å². The van der Waals surface area contributed by atoms with E-state index in [4.69, 9.17) is 21.5 Å². The average molecular weight is 653 g/mol. The number of aromatic nitrogens is 2. The number of benzene rings is 2. The number of carbonyl (C=O) groups is 1. The minimum Gasteiger partial charge on any atom is -0.488 e. The molecule has 0 fully saturated rings. The second-order valence-corrected chi connectivity index (χ2v) is 9.39. The number of ether oxygens (including phenoxy) is 1. The summed E-state index contributed by atoms with van der Waals surface area (Å²) in [6.45, 7) is 19.7. The van der Waals surface area contributed by atoms with E-state index in [0.29, 0.717) is 28.6 Å². The molecule has 3 rings (SSSR count). The van der Waals surface area contributed by atoms with Crippen molar-refractivity contribution in [1.29, 1.82) is 0 Å². The summed E-state index contributed by atoms with van der Waals surface area (Å²) in [5.74, 6) is 0.531. The van der Waals surface area contributed by atoms with Crippen molar-refractivity contribution in [2.24, 2.45) is 0 Å². The first kappa shape index (κ1) is 41.7. The predicted molar refractivity (Wildman–Crippen MR) is 193 cm³/mol. The fourth-order valence-electron chi connectivity index (χ4n) is 3.68. The first-order valence-corrected chi connectivity index (χ1v) is 16.0. The zero-order valence-electron chi connectivity index (χ0n) is 28.4. The van der Waals surface area contributed by atoms with Crippen LogP contribution in [0.4, 0.5) is 15.9 Å². The van der Waals surface area contributed by atoms with Gasteiger partial charge in [0.1, 0.15) is 30.7 Å². The summed E-state index contributed by atoms with van der Waals surface area (Å²) >= 11 is 6.45. The number of halogens is 2. The number of rotatable bonds is 13. The molecule has 250 valence electrons. The van der Waals surface area contributed by atoms with Gasteiger partial charge >= 0.3 is 0 Å². The van der Waals surface area contributed by atoms with Gasteiger partial charge in [-0.3, -0.25) is 10.0 Å². The molecule has 0 radical (unpaired) electrons. The molecule has 7 nitrogen and oxygen atoms in total. The molecule has 1 heterocycles. The first-order chi connectivity index (χ1) is 22.3. The van der Waals surface area contributed by atoms with Crippen LogP contribution in [0.15, 0.2) is 103 Å². The minimum absolute atomic E-state index is 0.172. The highest BCUT2D eigenvalue weighted by molar-refractivity contribution is 6.32. The van der Waals surface area contributed by atoms with Crippen molar-refractivity contribution in [2.75, 3.05) is 11.9 Å². The Morgan fingerprint density at radius 2 is 1.80 bits per heavy atom. The van der Waals surface area contributed by atoms with E-state index in [1.165, 1.54) is 18.5 Å². The number of amides is 1. The second-order valence-electron chi connectivity index (χ2n) is 8.98. The van der Waals surface area contributed by atoms with Gasteiger partial charge in [0.25, 0.3) is 5.91 Å². The average Bonchev–Trinajstić information content (AvgIpc) is 3.08. The Kier molecular flexibility index (Phi) is 22.7. The van der Waals surface area contributed by atoms with Gasteiger partial charge < -0.3 is 10.1 Å². The highest BCUT2D eigenvalue weighted by Crippen LogP contribution is 2.31. The summed E-state index contributed by atoms with van der Waals surface area (Å²) in [5.41, 5.74) is 5.63. The van der Waals surface area contributed by atoms with Crippen molar-refractivity contribution in [2.45, 2.75) is 74.4 Å². The summed E-state index contributed by atoms with van der Waals surface area (Å²) < 4.78 is 19.5. The van der Waals surface area contributed by atoms with Gasteiger partial charge in [0.2, 0.25) is 0 Å². The molecule has 1 atom stereocenters. The number of fused-ring (bicyclic) bond motifs is 1. The van der Waals surface area contributed by atoms with E-state index in [1.807, 2.05) is 91.0 Å². The molecule has 1 unspecified atom stereocenters. The molecule has 3 N–H and O–H groups in total. The first-order valence-electron chi connectivity index (χ1n) is 15.6. The lowest BCUT2D eigenvalue weighted by atomic mass is 10.1. The van der Waals surface area contributed by atoms with E-state index in [1.54, 1.807) is 36.7 Å². The van der Waals surface area contributed by atoms with Gasteiger partial charge in [-0.25, -0.2) is 19.8 Å². The van der Waals surface area contributed by atoms with Crippen molar-refractivity contribution in [3.63, 3.8) is 0 Å². The molecule has 1 amide bonds. The summed E-state index contributed by atoms with van der Waals surface area (Å²) in [5, 5.41) is 13.1. The predicted octanol–water partition coefficient (Wildman–Crippen LogP) is 10.5. The van der Waals surface area contributed by atoms with Gasteiger partial charge in [0.05, 0.1) is 10.5 Å². The second kappa shape index (κ2) is 25.0. The maximum absolute atomic E-state index is 13.7. The monoisotopic (exact) mass is 652 g/mol. The molecular formula is C37H50ClFN4O3. The van der Waals surface area contributed by atoms with Crippen molar-refractivity contribution < 1.29 is 19.1 Å². The number of nitrogens with zero attached hydrogens (tertiary/aromatic N) is 2. The van der Waals surface area contributed by atoms with Gasteiger partial charge in [-0.2, -0.15) is 0 Å². The van der Waals surface area contributed by atoms with E-state index >= 15 is 0 Å². The third kappa shape index (κ3) is 15.6. The third-order valence-electron chi connectivity index (χ3n) is 5.67. The van der Waals surface area contributed by atoms with E-state index in [-0.39, 0.29) is 13.0 Å². The Morgan fingerprint density at radius 1 is 1.09 bits per heavy atom. The standard InChI is InChI=1S/C31H32ClFN4O3.3C2H6/c1-4-7-24(33)16-22(3)19-40-29-14-12-25(18-27(29)32)36-31-26-17-23(11-13-28(26)34-20-35-31)9-6-5-8-21(2)10-15-30(38)37-39;3*1-2/h4-8,10-15,17-18,20,24,39H,3,9,16,19H2,1-2H3,(H,37,38)(H,34,35,36);3*1-2H3/b6-5-,7-4-,15-10+,21-8+;;;. The SMILES string of the molecule is C=C(COc1ccc(Nc2ncnc3ccc(C\C=C/C=C(C)/C=C/C(=O)NO)cc23)cc1Cl)CC(F)/C=C\C.CC.CC.CC. The van der Waals surface area contributed by atoms with Gasteiger partial charge in [-0.1, -0.05) is 108 Å². The number of allylic oxidation sites excluding steroid dienone is 7. The van der Waals surface area contributed by atoms with Crippen molar-refractivity contribution in [1.82, 2.24) is 15.4 Å². The number of hydrogen-bond donors (Lipinski definition) is 3. The Hall–Kier alpha value is -4.27. The molecule has 46 heavy (non-hydrogen) atoms. The van der Waals surface area contributed by atoms with Crippen molar-refractivity contribution in [3.8, 4) is 5.75 Å². The fourth-order valence-corrected chi connectivity index (χ4v) is 3.91. The third-order valence-corrected chi connectivity index (χ3v) is 5.96. The van der Waals surface area contributed by atoms with Crippen LogP contribution in [0.5, 0.6) is 5.75 Å². The maximum Gasteiger partial charge on any atom is 0.267 e. The lowest BCUT2D eigenvalue weighted by molar-refractivity contribution is -0.124. The zero-order valence-corrected chi connectivity index (χ0v) is 29.2. The Bertz CT molecular complexity index is 1470. The van der Waals surface area contributed by atoms with E-state index in [9.17, 15) is 9.18 Å². The molecular weight excluding hydrogens is 603 g/mol. The van der Waals surface area contributed by atoms with Crippen molar-refractivity contribution >= 4 is 39.9 Å². The van der Waals surface area contributed by atoms with Crippen LogP contribution >= 0.6 is 11.6 Å². The minimum atomic E-state index is -1.08. The van der Waals surface area contributed by atoms with Crippen LogP contribution in [-0.2, 0) is 11.2 Å². The summed E-state index contributed by atoms with van der Waals surface area (Å²) in [7, 11) is 0. The molecule has 3 aromatic rings. The lowest BCUT2D eigenvalue weighted by Gasteiger charge is -2.13. The van der Waals surface area contributed by atoms with E-state index in [2.05, 4.69) is 21.9 Å². The molecule has 0 saturated heterocycles. The lowest BCUT2D eigenvalue weighted by Crippen LogP contribution is -2.14. The van der Waals surface area contributed by atoms with Gasteiger partial charge in [0, 0.05) is 23.6 Å². The molecule has 0 saturated carbocycles. The Balaban J connectivity index is 0.00000318. The number of nitrogens with one attached hydrogen (secondary N) is 2. The molecule has 0 aliphatic heterocycles. The number of carbonyl (C=O) groups excluding carboxylic acids is 1. The number of hydrogen-bond acceptors (Lipinski definition) is 6. The summed E-state index contributed by atoms with van der Waals surface area (Å²) in [6, 6.07) is 11.3. The Morgan fingerprint density at radius 3 is 2.46 bits per heavy atom. The molecule has 0 bridgehead atoms. The van der Waals surface area contributed by atoms with Crippen LogP contribution in [0.25, 0.3) is 10.9 Å². The summed E-state index contributed by atoms with van der Waals surface area (Å²) in [6.07, 6.45) is 13.1. The zero-order chi connectivity index (χ0) is 34.9. The molecule has 0 spiro atoms. The molecule has 0 aliphatic rings. The van der Waals surface area contributed by atoms with Crippen LogP contribution in [0.2, 0.25) is 5.02 Å². The molecule has 0 aliphatic carbocycles. The number of anilines is 2. The quantitative estimate of drug-likeness (QED) is 0.0559. The van der Waals surface area contributed by atoms with Gasteiger partial charge in [-0.15, -0.1) is 0 Å². The maximum atomic E-state index is 13.7. The number of hydroxylamine groups is 1. The fraction of sp³-hybridized carbons (Fsp3) is 0.324. The van der Waals surface area contributed by atoms with Gasteiger partial charge in [-0.05, 0) is 61.7 Å². The molecule has 9 heteroatoms. The van der Waals surface area contributed by atoms with E-state index in [0.717, 1.165) is 27.7 Å². The van der Waals surface area contributed by atoms with Crippen molar-refractivity contribution in [3.05, 3.63) is 114 Å². The van der Waals surface area contributed by atoms with Crippen LogP contribution in [0.1, 0.15) is 67.4 Å². The van der Waals surface area contributed by atoms with E-state index < -0.39 is 12.1 Å². The highest BCUT2D eigenvalue weighted by atomic mass is 35.5. The highest BCUT2D eigenvalue weighted by Gasteiger charge is 2.10. The van der Waals surface area contributed by atoms with Crippen LogP contribution in [0.3, 0.4) is 0 Å². The van der Waals surface area contributed by atoms with Gasteiger partial charge in [0.15, 0.2) is 0 Å². The molecule has 1 aromatic heterocycles.